The second-order valence-electron chi connectivity index (χ2n) is 5.87. The number of rotatable bonds is 4. The number of sulfonamides is 1. The number of carbonyl (C=O) groups excluding carboxylic acids is 1. The Bertz CT molecular complexity index is 599. The first-order valence-electron chi connectivity index (χ1n) is 7.18. The van der Waals surface area contributed by atoms with Gasteiger partial charge in [-0.3, -0.25) is 9.69 Å². The zero-order chi connectivity index (χ0) is 16.3. The second-order valence-corrected chi connectivity index (χ2v) is 8.88. The fourth-order valence-corrected chi connectivity index (χ4v) is 4.25. The van der Waals surface area contributed by atoms with Crippen LogP contribution < -0.4 is 0 Å². The topological polar surface area (TPSA) is 60.9 Å². The first kappa shape index (κ1) is 17.4. The minimum absolute atomic E-state index is 0.0215. The van der Waals surface area contributed by atoms with E-state index in [4.69, 9.17) is 0 Å². The molecular weight excluding hydrogens is 322 g/mol. The summed E-state index contributed by atoms with van der Waals surface area (Å²) in [7, 11) is 0.132. The van der Waals surface area contributed by atoms with Crippen LogP contribution >= 0.6 is 11.3 Å². The van der Waals surface area contributed by atoms with Gasteiger partial charge in [0, 0.05) is 51.7 Å². The van der Waals surface area contributed by atoms with Gasteiger partial charge in [0.15, 0.2) is 0 Å². The molecule has 1 aromatic heterocycles. The van der Waals surface area contributed by atoms with Gasteiger partial charge in [-0.15, -0.1) is 11.3 Å². The van der Waals surface area contributed by atoms with Gasteiger partial charge in [0.05, 0.1) is 12.2 Å². The van der Waals surface area contributed by atoms with Crippen molar-refractivity contribution in [2.24, 2.45) is 5.92 Å². The number of carbonyl (C=O) groups is 1. The molecule has 0 radical (unpaired) electrons. The summed E-state index contributed by atoms with van der Waals surface area (Å²) >= 11 is 1.68. The molecule has 2 rings (SSSR count). The van der Waals surface area contributed by atoms with Crippen LogP contribution in [0.3, 0.4) is 0 Å². The summed E-state index contributed by atoms with van der Waals surface area (Å²) in [5, 5.41) is 2.03. The van der Waals surface area contributed by atoms with Crippen molar-refractivity contribution < 1.29 is 13.2 Å². The van der Waals surface area contributed by atoms with Crippen molar-refractivity contribution >= 4 is 27.3 Å². The van der Waals surface area contributed by atoms with E-state index in [1.165, 1.54) is 15.4 Å². The summed E-state index contributed by atoms with van der Waals surface area (Å²) in [6.45, 7) is 2.67. The maximum atomic E-state index is 12.4. The summed E-state index contributed by atoms with van der Waals surface area (Å²) in [6.07, 6.45) is 1.21. The molecule has 6 nitrogen and oxygen atoms in total. The number of thiophene rings is 1. The molecule has 124 valence electrons. The number of nitrogens with zero attached hydrogens (tertiary/aromatic N) is 3. The average Bonchev–Trinajstić information content (AvgIpc) is 2.82. The fourth-order valence-electron chi connectivity index (χ4n) is 2.64. The van der Waals surface area contributed by atoms with Crippen LogP contribution in [-0.4, -0.2) is 75.0 Å². The molecule has 1 unspecified atom stereocenters. The van der Waals surface area contributed by atoms with Gasteiger partial charge in [0.2, 0.25) is 15.9 Å². The van der Waals surface area contributed by atoms with E-state index in [0.717, 1.165) is 6.54 Å². The van der Waals surface area contributed by atoms with E-state index in [-0.39, 0.29) is 18.4 Å². The normalized spacial score (nSPS) is 21.5. The lowest BCUT2D eigenvalue weighted by Crippen LogP contribution is -2.41. The van der Waals surface area contributed by atoms with Crippen molar-refractivity contribution in [3.8, 4) is 0 Å². The molecule has 0 saturated carbocycles. The van der Waals surface area contributed by atoms with Gasteiger partial charge in [0.1, 0.15) is 0 Å². The van der Waals surface area contributed by atoms with E-state index in [9.17, 15) is 13.2 Å². The van der Waals surface area contributed by atoms with Crippen LogP contribution in [0.15, 0.2) is 17.5 Å². The van der Waals surface area contributed by atoms with Crippen LogP contribution in [0, 0.1) is 5.92 Å². The van der Waals surface area contributed by atoms with Crippen LogP contribution in [-0.2, 0) is 21.4 Å². The lowest BCUT2D eigenvalue weighted by molar-refractivity contribution is -0.133. The van der Waals surface area contributed by atoms with Crippen LogP contribution in [0.4, 0.5) is 0 Å². The Labute approximate surface area is 136 Å². The predicted octanol–water partition coefficient (Wildman–Crippen LogP) is 0.530. The predicted molar refractivity (Wildman–Crippen MR) is 88.2 cm³/mol. The molecule has 1 fully saturated rings. The fraction of sp³-hybridized carbons (Fsp3) is 0.643. The Balaban J connectivity index is 2.16. The van der Waals surface area contributed by atoms with Crippen LogP contribution in [0.5, 0.6) is 0 Å². The highest BCUT2D eigenvalue weighted by atomic mass is 32.2. The molecule has 1 aromatic rings. The minimum Gasteiger partial charge on any atom is -0.348 e. The van der Waals surface area contributed by atoms with Crippen molar-refractivity contribution in [2.75, 3.05) is 46.5 Å². The summed E-state index contributed by atoms with van der Waals surface area (Å²) in [4.78, 5) is 17.3. The standard InChI is InChI=1S/C14H23N3O3S2/c1-15(2)14(18)12-9-16(11-13-5-4-8-21-13)6-7-17(10-12)22(3,19)20/h4-5,8,12H,6-7,9-11H2,1-3H3. The maximum absolute atomic E-state index is 12.4. The van der Waals surface area contributed by atoms with E-state index in [1.54, 1.807) is 30.3 Å². The summed E-state index contributed by atoms with van der Waals surface area (Å²) in [5.41, 5.74) is 0. The number of amides is 1. The highest BCUT2D eigenvalue weighted by molar-refractivity contribution is 7.88. The first-order chi connectivity index (χ1) is 10.3. The monoisotopic (exact) mass is 345 g/mol. The van der Waals surface area contributed by atoms with Crippen molar-refractivity contribution in [3.05, 3.63) is 22.4 Å². The molecule has 0 N–H and O–H groups in total. The van der Waals surface area contributed by atoms with Gasteiger partial charge in [-0.1, -0.05) is 6.07 Å². The lowest BCUT2D eigenvalue weighted by Gasteiger charge is -2.25. The lowest BCUT2D eigenvalue weighted by atomic mass is 10.1. The van der Waals surface area contributed by atoms with Gasteiger partial charge in [-0.05, 0) is 11.4 Å². The van der Waals surface area contributed by atoms with Crippen molar-refractivity contribution in [3.63, 3.8) is 0 Å². The molecule has 1 aliphatic heterocycles. The Kier molecular flexibility index (Phi) is 5.60. The molecule has 1 atom stereocenters. The third kappa shape index (κ3) is 4.52. The zero-order valence-electron chi connectivity index (χ0n) is 13.2. The van der Waals surface area contributed by atoms with Crippen molar-refractivity contribution in [2.45, 2.75) is 6.54 Å². The van der Waals surface area contributed by atoms with Gasteiger partial charge in [-0.2, -0.15) is 0 Å². The molecule has 2 heterocycles. The number of hydrogen-bond donors (Lipinski definition) is 0. The van der Waals surface area contributed by atoms with E-state index in [2.05, 4.69) is 11.0 Å². The van der Waals surface area contributed by atoms with E-state index >= 15 is 0 Å². The highest BCUT2D eigenvalue weighted by Crippen LogP contribution is 2.18. The van der Waals surface area contributed by atoms with Gasteiger partial charge >= 0.3 is 0 Å². The summed E-state index contributed by atoms with van der Waals surface area (Å²) < 4.78 is 25.2. The number of hydrogen-bond acceptors (Lipinski definition) is 5. The van der Waals surface area contributed by atoms with E-state index < -0.39 is 10.0 Å². The maximum Gasteiger partial charge on any atom is 0.227 e. The van der Waals surface area contributed by atoms with Crippen molar-refractivity contribution in [1.82, 2.24) is 14.1 Å². The van der Waals surface area contributed by atoms with Crippen LogP contribution in [0.2, 0.25) is 0 Å². The molecule has 0 spiro atoms. The Hall–Kier alpha value is -0.960. The Morgan fingerprint density at radius 1 is 1.36 bits per heavy atom. The third-order valence-electron chi connectivity index (χ3n) is 3.79. The SMILES string of the molecule is CN(C)C(=O)C1CN(Cc2cccs2)CCN(S(C)(=O)=O)C1. The first-order valence-corrected chi connectivity index (χ1v) is 9.91. The zero-order valence-corrected chi connectivity index (χ0v) is 14.9. The summed E-state index contributed by atoms with van der Waals surface area (Å²) in [5.74, 6) is -0.348. The molecule has 1 aliphatic rings. The largest absolute Gasteiger partial charge is 0.348 e. The molecule has 1 saturated heterocycles. The molecule has 1 amide bonds. The smallest absolute Gasteiger partial charge is 0.227 e. The molecular formula is C14H23N3O3S2. The Morgan fingerprint density at radius 3 is 2.64 bits per heavy atom. The van der Waals surface area contributed by atoms with Crippen LogP contribution in [0.1, 0.15) is 4.88 Å². The third-order valence-corrected chi connectivity index (χ3v) is 5.92. The highest BCUT2D eigenvalue weighted by Gasteiger charge is 2.32. The van der Waals surface area contributed by atoms with E-state index in [1.807, 2.05) is 11.4 Å². The van der Waals surface area contributed by atoms with Gasteiger partial charge in [-0.25, -0.2) is 12.7 Å². The van der Waals surface area contributed by atoms with Gasteiger partial charge < -0.3 is 4.90 Å². The average molecular weight is 345 g/mol. The summed E-state index contributed by atoms with van der Waals surface area (Å²) in [6, 6.07) is 4.07. The van der Waals surface area contributed by atoms with E-state index in [0.29, 0.717) is 19.6 Å². The Morgan fingerprint density at radius 2 is 2.09 bits per heavy atom. The molecule has 8 heteroatoms. The molecule has 0 bridgehead atoms. The van der Waals surface area contributed by atoms with Crippen LogP contribution in [0.25, 0.3) is 0 Å². The quantitative estimate of drug-likeness (QED) is 0.799. The van der Waals surface area contributed by atoms with Gasteiger partial charge in [0.25, 0.3) is 0 Å². The molecule has 0 aromatic carbocycles. The second kappa shape index (κ2) is 7.08. The van der Waals surface area contributed by atoms with Crippen molar-refractivity contribution in [1.29, 1.82) is 0 Å². The molecule has 0 aliphatic carbocycles. The minimum atomic E-state index is -3.29. The molecule has 22 heavy (non-hydrogen) atoms.